The third kappa shape index (κ3) is 3.05. The molecular formula is C23H35N3OS. The van der Waals surface area contributed by atoms with Gasteiger partial charge in [0.15, 0.2) is 0 Å². The third-order valence-corrected chi connectivity index (χ3v) is 9.35. The molecule has 0 bridgehead atoms. The Morgan fingerprint density at radius 1 is 1.11 bits per heavy atom. The maximum atomic E-state index is 13.6. The van der Waals surface area contributed by atoms with Crippen LogP contribution in [0.1, 0.15) is 48.3 Å². The van der Waals surface area contributed by atoms with Crippen molar-refractivity contribution < 1.29 is 4.79 Å². The van der Waals surface area contributed by atoms with E-state index in [1.54, 1.807) is 0 Å². The standard InChI is InChI=1S/C23H35N3OS/c1-18-5-6-19(28-18)15-25-13-9-22(10-14-25)7-8-23(17-24(2)16-20(22)23)21(27)26-11-3-4-12-26/h5-6,20H,3-4,7-17H2,1-2H3/t20-,23+/m0/s1. The Morgan fingerprint density at radius 3 is 2.54 bits per heavy atom. The molecule has 5 rings (SSSR count). The lowest BCUT2D eigenvalue weighted by atomic mass is 9.65. The largest absolute Gasteiger partial charge is 0.342 e. The molecule has 4 nitrogen and oxygen atoms in total. The molecule has 5 heteroatoms. The van der Waals surface area contributed by atoms with Crippen molar-refractivity contribution in [1.29, 1.82) is 0 Å². The lowest BCUT2D eigenvalue weighted by Gasteiger charge is -2.45. The van der Waals surface area contributed by atoms with E-state index in [0.29, 0.717) is 17.2 Å². The van der Waals surface area contributed by atoms with Gasteiger partial charge in [0.1, 0.15) is 0 Å². The quantitative estimate of drug-likeness (QED) is 0.774. The van der Waals surface area contributed by atoms with Gasteiger partial charge < -0.3 is 9.80 Å². The topological polar surface area (TPSA) is 26.8 Å². The first-order valence-corrected chi connectivity index (χ1v) is 12.1. The number of amides is 1. The first-order chi connectivity index (χ1) is 13.5. The van der Waals surface area contributed by atoms with Crippen LogP contribution in [0.2, 0.25) is 0 Å². The molecule has 0 aromatic carbocycles. The number of hydrogen-bond acceptors (Lipinski definition) is 4. The van der Waals surface area contributed by atoms with Crippen LogP contribution in [0.15, 0.2) is 12.1 Å². The number of piperidine rings is 1. The van der Waals surface area contributed by atoms with Crippen molar-refractivity contribution in [3.05, 3.63) is 21.9 Å². The van der Waals surface area contributed by atoms with Gasteiger partial charge in [0.25, 0.3) is 0 Å². The summed E-state index contributed by atoms with van der Waals surface area (Å²) >= 11 is 1.94. The highest BCUT2D eigenvalue weighted by Gasteiger charge is 2.64. The van der Waals surface area contributed by atoms with E-state index in [2.05, 4.69) is 40.8 Å². The van der Waals surface area contributed by atoms with Crippen LogP contribution in [0.5, 0.6) is 0 Å². The van der Waals surface area contributed by atoms with Gasteiger partial charge in [-0.2, -0.15) is 0 Å². The second-order valence-corrected chi connectivity index (χ2v) is 11.4. The minimum Gasteiger partial charge on any atom is -0.342 e. The Bertz CT molecular complexity index is 732. The molecule has 0 radical (unpaired) electrons. The van der Waals surface area contributed by atoms with Crippen molar-refractivity contribution in [2.75, 3.05) is 46.3 Å². The van der Waals surface area contributed by atoms with Crippen LogP contribution in [-0.4, -0.2) is 66.9 Å². The van der Waals surface area contributed by atoms with Gasteiger partial charge in [0.05, 0.1) is 5.41 Å². The Balaban J connectivity index is 1.30. The zero-order valence-corrected chi connectivity index (χ0v) is 18.4. The molecule has 28 heavy (non-hydrogen) atoms. The Kier molecular flexibility index (Phi) is 4.84. The maximum Gasteiger partial charge on any atom is 0.230 e. The van der Waals surface area contributed by atoms with Gasteiger partial charge in [-0.05, 0) is 89.1 Å². The minimum atomic E-state index is -0.0773. The number of nitrogens with zero attached hydrogens (tertiary/aromatic N) is 3. The molecule has 2 atom stereocenters. The molecule has 1 aromatic rings. The van der Waals surface area contributed by atoms with Gasteiger partial charge in [-0.1, -0.05) is 0 Å². The van der Waals surface area contributed by atoms with E-state index in [4.69, 9.17) is 0 Å². The SMILES string of the molecule is Cc1ccc(CN2CCC3(CC2)CC[C@@]2(C(=O)N4CCCC4)CN(C)C[C@@H]32)s1. The molecule has 1 aliphatic carbocycles. The zero-order valence-electron chi connectivity index (χ0n) is 17.6. The van der Waals surface area contributed by atoms with Crippen molar-refractivity contribution in [2.24, 2.45) is 16.7 Å². The number of carbonyl (C=O) groups excluding carboxylic acids is 1. The fourth-order valence-corrected chi connectivity index (χ4v) is 7.86. The number of aryl methyl sites for hydroxylation is 1. The average molecular weight is 402 g/mol. The highest BCUT2D eigenvalue weighted by atomic mass is 32.1. The number of hydrogen-bond donors (Lipinski definition) is 0. The molecule has 1 spiro atoms. The second-order valence-electron chi connectivity index (χ2n) is 10.1. The van der Waals surface area contributed by atoms with Crippen LogP contribution in [0.3, 0.4) is 0 Å². The van der Waals surface area contributed by atoms with Crippen molar-refractivity contribution in [3.63, 3.8) is 0 Å². The lowest BCUT2D eigenvalue weighted by Crippen LogP contribution is -2.49. The van der Waals surface area contributed by atoms with Crippen LogP contribution < -0.4 is 0 Å². The highest BCUT2D eigenvalue weighted by Crippen LogP contribution is 2.62. The second kappa shape index (κ2) is 7.10. The molecule has 154 valence electrons. The summed E-state index contributed by atoms with van der Waals surface area (Å²) in [4.78, 5) is 23.9. The van der Waals surface area contributed by atoms with Crippen molar-refractivity contribution in [1.82, 2.24) is 14.7 Å². The molecule has 0 unspecified atom stereocenters. The predicted molar refractivity (Wildman–Crippen MR) is 114 cm³/mol. The molecule has 1 saturated carbocycles. The van der Waals surface area contributed by atoms with Crippen molar-refractivity contribution in [3.8, 4) is 0 Å². The number of thiophene rings is 1. The fraction of sp³-hybridized carbons (Fsp3) is 0.783. The highest BCUT2D eigenvalue weighted by molar-refractivity contribution is 7.11. The maximum absolute atomic E-state index is 13.6. The fourth-order valence-electron chi connectivity index (χ4n) is 6.93. The molecular weight excluding hydrogens is 366 g/mol. The average Bonchev–Trinajstić information content (AvgIpc) is 3.44. The molecule has 4 heterocycles. The Morgan fingerprint density at radius 2 is 1.86 bits per heavy atom. The third-order valence-electron chi connectivity index (χ3n) is 8.37. The van der Waals surface area contributed by atoms with E-state index in [9.17, 15) is 4.79 Å². The van der Waals surface area contributed by atoms with Gasteiger partial charge in [-0.3, -0.25) is 9.69 Å². The van der Waals surface area contributed by atoms with Gasteiger partial charge in [0.2, 0.25) is 5.91 Å². The monoisotopic (exact) mass is 401 g/mol. The summed E-state index contributed by atoms with van der Waals surface area (Å²) < 4.78 is 0. The van der Waals surface area contributed by atoms with E-state index in [1.807, 2.05) is 11.3 Å². The first kappa shape index (κ1) is 19.1. The number of rotatable bonds is 3. The molecule has 3 saturated heterocycles. The van der Waals surface area contributed by atoms with Crippen LogP contribution in [0.4, 0.5) is 0 Å². The Labute approximate surface area is 173 Å². The van der Waals surface area contributed by atoms with Crippen molar-refractivity contribution >= 4 is 17.2 Å². The minimum absolute atomic E-state index is 0.0773. The molecule has 0 N–H and O–H groups in total. The summed E-state index contributed by atoms with van der Waals surface area (Å²) in [6.45, 7) is 9.82. The van der Waals surface area contributed by atoms with Crippen LogP contribution in [0, 0.1) is 23.7 Å². The van der Waals surface area contributed by atoms with E-state index in [-0.39, 0.29) is 5.41 Å². The molecule has 1 aromatic heterocycles. The normalized spacial score (nSPS) is 33.1. The number of likely N-dealkylation sites (tertiary alicyclic amines) is 3. The van der Waals surface area contributed by atoms with Gasteiger partial charge in [-0.15, -0.1) is 11.3 Å². The predicted octanol–water partition coefficient (Wildman–Crippen LogP) is 3.60. The van der Waals surface area contributed by atoms with E-state index >= 15 is 0 Å². The molecule has 4 fully saturated rings. The van der Waals surface area contributed by atoms with Crippen LogP contribution >= 0.6 is 11.3 Å². The summed E-state index contributed by atoms with van der Waals surface area (Å²) in [5.41, 5.74) is 0.328. The van der Waals surface area contributed by atoms with E-state index in [0.717, 1.165) is 39.1 Å². The summed E-state index contributed by atoms with van der Waals surface area (Å²) in [6, 6.07) is 4.54. The smallest absolute Gasteiger partial charge is 0.230 e. The molecule has 3 aliphatic heterocycles. The Hall–Kier alpha value is -0.910. The van der Waals surface area contributed by atoms with Crippen LogP contribution in [0.25, 0.3) is 0 Å². The lowest BCUT2D eigenvalue weighted by molar-refractivity contribution is -0.142. The molecule has 4 aliphatic rings. The summed E-state index contributed by atoms with van der Waals surface area (Å²) in [6.07, 6.45) is 7.36. The van der Waals surface area contributed by atoms with Crippen molar-refractivity contribution in [2.45, 2.75) is 52.0 Å². The summed E-state index contributed by atoms with van der Waals surface area (Å²) in [5, 5.41) is 0. The zero-order chi connectivity index (χ0) is 19.4. The van der Waals surface area contributed by atoms with Gasteiger partial charge >= 0.3 is 0 Å². The van der Waals surface area contributed by atoms with E-state index < -0.39 is 0 Å². The summed E-state index contributed by atoms with van der Waals surface area (Å²) in [7, 11) is 2.24. The molecule has 1 amide bonds. The number of fused-ring (bicyclic) bond motifs is 2. The van der Waals surface area contributed by atoms with Gasteiger partial charge in [0, 0.05) is 42.5 Å². The van der Waals surface area contributed by atoms with Gasteiger partial charge in [-0.25, -0.2) is 0 Å². The number of carbonyl (C=O) groups is 1. The first-order valence-electron chi connectivity index (χ1n) is 11.3. The summed E-state index contributed by atoms with van der Waals surface area (Å²) in [5.74, 6) is 1.08. The van der Waals surface area contributed by atoms with Crippen LogP contribution in [-0.2, 0) is 11.3 Å². The van der Waals surface area contributed by atoms with E-state index in [1.165, 1.54) is 54.9 Å².